The molecule has 7 heteroatoms. The van der Waals surface area contributed by atoms with Crippen LogP contribution in [0.4, 0.5) is 4.39 Å². The number of para-hydroxylation sites is 1. The van der Waals surface area contributed by atoms with Gasteiger partial charge in [-0.1, -0.05) is 41.6 Å². The molecule has 130 valence electrons. The zero-order chi connectivity index (χ0) is 17.8. The maximum atomic E-state index is 13.2. The molecule has 0 fully saturated rings. The largest absolute Gasteiger partial charge is 0.383 e. The van der Waals surface area contributed by atoms with Crippen molar-refractivity contribution in [1.82, 2.24) is 9.55 Å². The highest BCUT2D eigenvalue weighted by atomic mass is 35.5. The van der Waals surface area contributed by atoms with Gasteiger partial charge in [0.05, 0.1) is 24.1 Å². The van der Waals surface area contributed by atoms with Crippen LogP contribution in [0, 0.1) is 5.82 Å². The maximum Gasteiger partial charge on any atom is 0.262 e. The minimum atomic E-state index is -0.375. The van der Waals surface area contributed by atoms with Crippen molar-refractivity contribution in [1.29, 1.82) is 0 Å². The molecule has 0 aliphatic heterocycles. The van der Waals surface area contributed by atoms with E-state index in [9.17, 15) is 9.18 Å². The number of rotatable bonds is 6. The summed E-state index contributed by atoms with van der Waals surface area (Å²) in [7, 11) is 1.59. The summed E-state index contributed by atoms with van der Waals surface area (Å²) in [6.45, 7) is 0.817. The van der Waals surface area contributed by atoms with Gasteiger partial charge < -0.3 is 4.74 Å². The van der Waals surface area contributed by atoms with E-state index in [0.29, 0.717) is 40.0 Å². The van der Waals surface area contributed by atoms with Crippen molar-refractivity contribution in [3.8, 4) is 0 Å². The molecular formula is C18H16ClFN2O2S. The Morgan fingerprint density at radius 3 is 2.84 bits per heavy atom. The molecular weight excluding hydrogens is 363 g/mol. The summed E-state index contributed by atoms with van der Waals surface area (Å²) < 4.78 is 19.9. The van der Waals surface area contributed by atoms with E-state index in [1.54, 1.807) is 23.8 Å². The minimum absolute atomic E-state index is 0.102. The van der Waals surface area contributed by atoms with Gasteiger partial charge in [0.15, 0.2) is 5.16 Å². The molecule has 1 aromatic heterocycles. The highest BCUT2D eigenvalue weighted by molar-refractivity contribution is 7.98. The van der Waals surface area contributed by atoms with E-state index in [2.05, 4.69) is 4.98 Å². The summed E-state index contributed by atoms with van der Waals surface area (Å²) in [4.78, 5) is 17.4. The molecule has 0 saturated heterocycles. The zero-order valence-corrected chi connectivity index (χ0v) is 15.1. The first-order valence-corrected chi connectivity index (χ1v) is 9.01. The molecule has 0 atom stereocenters. The van der Waals surface area contributed by atoms with Crippen LogP contribution >= 0.6 is 23.4 Å². The van der Waals surface area contributed by atoms with Crippen LogP contribution in [0.25, 0.3) is 10.9 Å². The van der Waals surface area contributed by atoms with Gasteiger partial charge in [0.1, 0.15) is 5.82 Å². The van der Waals surface area contributed by atoms with Crippen molar-refractivity contribution in [2.45, 2.75) is 17.5 Å². The molecule has 0 aliphatic rings. The quantitative estimate of drug-likeness (QED) is 0.478. The summed E-state index contributed by atoms with van der Waals surface area (Å²) in [6.07, 6.45) is 0. The van der Waals surface area contributed by atoms with Gasteiger partial charge in [-0.05, 0) is 29.8 Å². The van der Waals surface area contributed by atoms with Crippen molar-refractivity contribution in [2.75, 3.05) is 13.7 Å². The Hall–Kier alpha value is -1.89. The predicted molar refractivity (Wildman–Crippen MR) is 98.9 cm³/mol. The average Bonchev–Trinajstić information content (AvgIpc) is 2.60. The van der Waals surface area contributed by atoms with Crippen molar-refractivity contribution in [2.24, 2.45) is 0 Å². The smallest absolute Gasteiger partial charge is 0.262 e. The van der Waals surface area contributed by atoms with Crippen LogP contribution < -0.4 is 5.56 Å². The van der Waals surface area contributed by atoms with Crippen molar-refractivity contribution in [3.63, 3.8) is 0 Å². The number of thioether (sulfide) groups is 1. The summed E-state index contributed by atoms with van der Waals surface area (Å²) in [6, 6.07) is 11.5. The lowest BCUT2D eigenvalue weighted by Gasteiger charge is -2.13. The van der Waals surface area contributed by atoms with E-state index >= 15 is 0 Å². The molecule has 4 nitrogen and oxygen atoms in total. The van der Waals surface area contributed by atoms with E-state index in [4.69, 9.17) is 16.3 Å². The maximum absolute atomic E-state index is 13.2. The molecule has 0 saturated carbocycles. The van der Waals surface area contributed by atoms with Crippen molar-refractivity contribution >= 4 is 34.3 Å². The SMILES string of the molecule is COCCn1c(SCc2ccc(F)cc2Cl)nc2ccccc2c1=O. The normalized spacial score (nSPS) is 11.2. The number of hydrogen-bond acceptors (Lipinski definition) is 4. The first-order chi connectivity index (χ1) is 12.1. The molecule has 25 heavy (non-hydrogen) atoms. The lowest BCUT2D eigenvalue weighted by atomic mass is 10.2. The van der Waals surface area contributed by atoms with Gasteiger partial charge in [0.2, 0.25) is 0 Å². The Morgan fingerprint density at radius 2 is 2.08 bits per heavy atom. The van der Waals surface area contributed by atoms with E-state index in [-0.39, 0.29) is 11.4 Å². The lowest BCUT2D eigenvalue weighted by molar-refractivity contribution is 0.183. The van der Waals surface area contributed by atoms with Gasteiger partial charge in [-0.2, -0.15) is 0 Å². The second-order valence-corrected chi connectivity index (χ2v) is 6.74. The van der Waals surface area contributed by atoms with Crippen LogP contribution in [0.2, 0.25) is 5.02 Å². The summed E-state index contributed by atoms with van der Waals surface area (Å²) in [5.74, 6) is 0.108. The molecule has 0 bridgehead atoms. The van der Waals surface area contributed by atoms with E-state index in [1.807, 2.05) is 18.2 Å². The van der Waals surface area contributed by atoms with Crippen LogP contribution in [0.1, 0.15) is 5.56 Å². The Morgan fingerprint density at radius 1 is 1.28 bits per heavy atom. The Kier molecular flexibility index (Phi) is 5.73. The van der Waals surface area contributed by atoms with E-state index in [1.165, 1.54) is 23.9 Å². The van der Waals surface area contributed by atoms with Crippen LogP contribution in [-0.2, 0) is 17.0 Å². The minimum Gasteiger partial charge on any atom is -0.383 e. The fourth-order valence-corrected chi connectivity index (χ4v) is 3.76. The fourth-order valence-electron chi connectivity index (χ4n) is 2.42. The highest BCUT2D eigenvalue weighted by Gasteiger charge is 2.12. The second kappa shape index (κ2) is 7.99. The van der Waals surface area contributed by atoms with Crippen LogP contribution in [-0.4, -0.2) is 23.3 Å². The van der Waals surface area contributed by atoms with Gasteiger partial charge in [-0.3, -0.25) is 9.36 Å². The average molecular weight is 379 g/mol. The number of nitrogens with zero attached hydrogens (tertiary/aromatic N) is 2. The zero-order valence-electron chi connectivity index (χ0n) is 13.5. The molecule has 3 rings (SSSR count). The number of hydrogen-bond donors (Lipinski definition) is 0. The Labute approximate surface area is 153 Å². The number of benzene rings is 2. The number of ether oxygens (including phenoxy) is 1. The molecule has 0 spiro atoms. The Bertz CT molecular complexity index is 961. The monoisotopic (exact) mass is 378 g/mol. The molecule has 0 aliphatic carbocycles. The summed E-state index contributed by atoms with van der Waals surface area (Å²) in [5.41, 5.74) is 1.33. The van der Waals surface area contributed by atoms with Crippen LogP contribution in [0.15, 0.2) is 52.4 Å². The second-order valence-electron chi connectivity index (χ2n) is 5.39. The van der Waals surface area contributed by atoms with Gasteiger partial charge in [-0.15, -0.1) is 0 Å². The van der Waals surface area contributed by atoms with Gasteiger partial charge >= 0.3 is 0 Å². The first-order valence-electron chi connectivity index (χ1n) is 7.65. The van der Waals surface area contributed by atoms with Gasteiger partial charge in [-0.25, -0.2) is 9.37 Å². The first kappa shape index (κ1) is 17.9. The predicted octanol–water partition coefficient (Wildman–Crippen LogP) is 4.13. The third-order valence-corrected chi connectivity index (χ3v) is 5.09. The molecule has 1 heterocycles. The third-order valence-electron chi connectivity index (χ3n) is 3.72. The Balaban J connectivity index is 1.97. The lowest BCUT2D eigenvalue weighted by Crippen LogP contribution is -2.25. The van der Waals surface area contributed by atoms with Crippen molar-refractivity contribution in [3.05, 3.63) is 69.2 Å². The standard InChI is InChI=1S/C18H16ClFN2O2S/c1-24-9-8-22-17(23)14-4-2-3-5-16(14)21-18(22)25-11-12-6-7-13(20)10-15(12)19/h2-7,10H,8-9,11H2,1H3. The molecule has 0 unspecified atom stereocenters. The molecule has 0 amide bonds. The number of fused-ring (bicyclic) bond motifs is 1. The fraction of sp³-hybridized carbons (Fsp3) is 0.222. The van der Waals surface area contributed by atoms with E-state index < -0.39 is 0 Å². The van der Waals surface area contributed by atoms with E-state index in [0.717, 1.165) is 5.56 Å². The molecule has 2 aromatic carbocycles. The molecule has 0 N–H and O–H groups in total. The summed E-state index contributed by atoms with van der Waals surface area (Å²) >= 11 is 7.47. The highest BCUT2D eigenvalue weighted by Crippen LogP contribution is 2.26. The number of methoxy groups -OCH3 is 1. The number of halogens is 2. The van der Waals surface area contributed by atoms with Crippen molar-refractivity contribution < 1.29 is 9.13 Å². The topological polar surface area (TPSA) is 44.1 Å². The summed E-state index contributed by atoms with van der Waals surface area (Å²) in [5, 5.41) is 1.52. The third kappa shape index (κ3) is 4.03. The molecule has 3 aromatic rings. The van der Waals surface area contributed by atoms with Crippen LogP contribution in [0.3, 0.4) is 0 Å². The van der Waals surface area contributed by atoms with Crippen LogP contribution in [0.5, 0.6) is 0 Å². The number of aromatic nitrogens is 2. The van der Waals surface area contributed by atoms with Gasteiger partial charge in [0, 0.05) is 17.9 Å². The molecule has 0 radical (unpaired) electrons. The van der Waals surface area contributed by atoms with Gasteiger partial charge in [0.25, 0.3) is 5.56 Å².